The van der Waals surface area contributed by atoms with Crippen molar-refractivity contribution in [2.45, 2.75) is 40.7 Å². The first-order chi connectivity index (χ1) is 14.5. The van der Waals surface area contributed by atoms with Crippen LogP contribution in [-0.4, -0.2) is 36.6 Å². The number of carbonyl (C=O) groups is 1. The molecule has 0 atom stereocenters. The summed E-state index contributed by atoms with van der Waals surface area (Å²) in [7, 11) is 1.65. The summed E-state index contributed by atoms with van der Waals surface area (Å²) < 4.78 is 0.808. The third kappa shape index (κ3) is 9.37. The van der Waals surface area contributed by atoms with Gasteiger partial charge in [0.15, 0.2) is 0 Å². The first kappa shape index (κ1) is 27.6. The number of hydrogen-bond donors (Lipinski definition) is 1. The van der Waals surface area contributed by atoms with Gasteiger partial charge in [-0.15, -0.1) is 11.3 Å². The van der Waals surface area contributed by atoms with Gasteiger partial charge in [0, 0.05) is 24.0 Å². The zero-order valence-corrected chi connectivity index (χ0v) is 20.1. The molecule has 1 aromatic heterocycles. The van der Waals surface area contributed by atoms with Crippen LogP contribution in [0.4, 0.5) is 0 Å². The van der Waals surface area contributed by atoms with Crippen LogP contribution in [-0.2, 0) is 17.8 Å². The Labute approximate surface area is 190 Å². The van der Waals surface area contributed by atoms with Crippen molar-refractivity contribution in [3.8, 4) is 0 Å². The number of benzene rings is 1. The Balaban J connectivity index is 0.000000486. The summed E-state index contributed by atoms with van der Waals surface area (Å²) in [6.45, 7) is 12.9. The molecule has 2 N–H and O–H groups in total. The molecule has 7 heteroatoms. The van der Waals surface area contributed by atoms with Crippen LogP contribution >= 0.6 is 22.9 Å². The van der Waals surface area contributed by atoms with Crippen molar-refractivity contribution < 1.29 is 4.79 Å². The van der Waals surface area contributed by atoms with Gasteiger partial charge < -0.3 is 10.6 Å². The van der Waals surface area contributed by atoms with Crippen LogP contribution in [0.2, 0.25) is 4.34 Å². The molecule has 3 rings (SSSR count). The van der Waals surface area contributed by atoms with Crippen LogP contribution in [0.15, 0.2) is 59.0 Å². The van der Waals surface area contributed by atoms with Crippen LogP contribution in [0.25, 0.3) is 0 Å². The zero-order chi connectivity index (χ0) is 22.9. The second kappa shape index (κ2) is 16.4. The van der Waals surface area contributed by atoms with Crippen LogP contribution in [0.3, 0.4) is 0 Å². The second-order valence-electron chi connectivity index (χ2n) is 5.47. The largest absolute Gasteiger partial charge is 0.383 e. The quantitative estimate of drug-likeness (QED) is 0.378. The third-order valence-corrected chi connectivity index (χ3v) is 5.01. The fourth-order valence-electron chi connectivity index (χ4n) is 2.40. The molecule has 0 fully saturated rings. The number of fused-ring (bicyclic) bond motifs is 1. The van der Waals surface area contributed by atoms with Gasteiger partial charge in [-0.3, -0.25) is 9.79 Å². The lowest BCUT2D eigenvalue weighted by atomic mass is 10.1. The molecule has 0 unspecified atom stereocenters. The maximum absolute atomic E-state index is 11.4. The molecule has 0 bridgehead atoms. The van der Waals surface area contributed by atoms with Gasteiger partial charge in [-0.1, -0.05) is 76.2 Å². The number of amidine groups is 1. The van der Waals surface area contributed by atoms with Gasteiger partial charge in [-0.25, -0.2) is 4.99 Å². The topological polar surface area (TPSA) is 71.0 Å². The highest BCUT2D eigenvalue weighted by Crippen LogP contribution is 2.31. The molecule has 0 aliphatic carbocycles. The summed E-state index contributed by atoms with van der Waals surface area (Å²) in [4.78, 5) is 22.0. The molecule has 2 aromatic rings. The molecule has 5 nitrogen and oxygen atoms in total. The normalized spacial score (nSPS) is 12.3. The van der Waals surface area contributed by atoms with Crippen molar-refractivity contribution in [2.24, 2.45) is 15.7 Å². The van der Waals surface area contributed by atoms with Crippen molar-refractivity contribution in [1.82, 2.24) is 4.90 Å². The maximum atomic E-state index is 11.4. The Kier molecular flexibility index (Phi) is 15.0. The molecule has 2 heterocycles. The monoisotopic (exact) mass is 448 g/mol. The third-order valence-electron chi connectivity index (χ3n) is 3.72. The molecule has 0 spiro atoms. The minimum absolute atomic E-state index is 0.000160. The molecular weight excluding hydrogens is 416 g/mol. The van der Waals surface area contributed by atoms with E-state index in [0.717, 1.165) is 22.9 Å². The van der Waals surface area contributed by atoms with Crippen LogP contribution in [0.1, 0.15) is 43.7 Å². The lowest BCUT2D eigenvalue weighted by molar-refractivity contribution is -0.126. The Morgan fingerprint density at radius 1 is 1.23 bits per heavy atom. The molecule has 0 saturated heterocycles. The first-order valence-corrected chi connectivity index (χ1v) is 11.2. The fraction of sp³-hybridized carbons (Fsp3) is 0.348. The highest BCUT2D eigenvalue weighted by atomic mass is 35.5. The Morgan fingerprint density at radius 2 is 1.87 bits per heavy atom. The SMILES string of the molecule is C=CC(=O)N1CCc2cc(Cl)sc2C1.CC.CC.CN=CN=C(N)c1ccccc1. The van der Waals surface area contributed by atoms with Crippen molar-refractivity contribution in [3.05, 3.63) is 69.4 Å². The van der Waals surface area contributed by atoms with Gasteiger partial charge in [-0.2, -0.15) is 0 Å². The van der Waals surface area contributed by atoms with E-state index in [1.54, 1.807) is 23.3 Å². The van der Waals surface area contributed by atoms with Gasteiger partial charge in [0.05, 0.1) is 10.9 Å². The summed E-state index contributed by atoms with van der Waals surface area (Å²) >= 11 is 7.47. The zero-order valence-electron chi connectivity index (χ0n) is 18.6. The van der Waals surface area contributed by atoms with Gasteiger partial charge in [0.1, 0.15) is 12.2 Å². The number of aliphatic imine (C=N–C) groups is 2. The Morgan fingerprint density at radius 3 is 2.43 bits per heavy atom. The second-order valence-corrected chi connectivity index (χ2v) is 7.23. The van der Waals surface area contributed by atoms with Crippen molar-refractivity contribution in [3.63, 3.8) is 0 Å². The molecule has 1 aliphatic heterocycles. The van der Waals surface area contributed by atoms with Crippen molar-refractivity contribution in [2.75, 3.05) is 13.6 Å². The van der Waals surface area contributed by atoms with Gasteiger partial charge >= 0.3 is 0 Å². The standard InChI is InChI=1S/C10H10ClNOS.C9H11N3.2C2H6/c1-2-10(13)12-4-3-7-5-9(11)14-8(7)6-12;1-11-7-12-9(10)8-5-3-2-4-6-8;2*1-2/h2,5H,1,3-4,6H2;2-7H,1H3,(H2,10,11,12);2*1-2H3. The van der Waals surface area contributed by atoms with E-state index in [0.29, 0.717) is 12.4 Å². The van der Waals surface area contributed by atoms with E-state index < -0.39 is 0 Å². The lowest BCUT2D eigenvalue weighted by Crippen LogP contribution is -2.33. The average molecular weight is 449 g/mol. The van der Waals surface area contributed by atoms with Crippen molar-refractivity contribution >= 4 is 41.0 Å². The number of amides is 1. The highest BCUT2D eigenvalue weighted by molar-refractivity contribution is 7.16. The van der Waals surface area contributed by atoms with E-state index in [9.17, 15) is 4.79 Å². The fourth-order valence-corrected chi connectivity index (χ4v) is 3.76. The smallest absolute Gasteiger partial charge is 0.246 e. The summed E-state index contributed by atoms with van der Waals surface area (Å²) in [5.74, 6) is 0.487. The number of nitrogens with zero attached hydrogens (tertiary/aromatic N) is 3. The van der Waals surface area contributed by atoms with Crippen LogP contribution in [0.5, 0.6) is 0 Å². The summed E-state index contributed by atoms with van der Waals surface area (Å²) in [5, 5.41) is 0. The van der Waals surface area contributed by atoms with Gasteiger partial charge in [0.25, 0.3) is 0 Å². The number of nitrogens with two attached hydrogens (primary N) is 1. The minimum atomic E-state index is 0.000160. The van der Waals surface area contributed by atoms with Crippen molar-refractivity contribution in [1.29, 1.82) is 0 Å². The van der Waals surface area contributed by atoms with Crippen LogP contribution < -0.4 is 5.73 Å². The first-order valence-electron chi connectivity index (χ1n) is 10.0. The summed E-state index contributed by atoms with van der Waals surface area (Å²) in [5.41, 5.74) is 7.84. The van der Waals surface area contributed by atoms with E-state index in [1.165, 1.54) is 22.9 Å². The minimum Gasteiger partial charge on any atom is -0.383 e. The van der Waals surface area contributed by atoms with E-state index in [-0.39, 0.29) is 5.91 Å². The molecule has 1 amide bonds. The van der Waals surface area contributed by atoms with Gasteiger partial charge in [-0.05, 0) is 24.1 Å². The summed E-state index contributed by atoms with van der Waals surface area (Å²) in [6, 6.07) is 11.6. The van der Waals surface area contributed by atoms with E-state index in [4.69, 9.17) is 17.3 Å². The molecule has 1 aliphatic rings. The van der Waals surface area contributed by atoms with E-state index >= 15 is 0 Å². The molecule has 164 valence electrons. The average Bonchev–Trinajstić information content (AvgIpc) is 3.19. The predicted octanol–water partition coefficient (Wildman–Crippen LogP) is 5.57. The number of halogens is 1. The number of hydrogen-bond acceptors (Lipinski definition) is 3. The lowest BCUT2D eigenvalue weighted by Gasteiger charge is -2.25. The number of carbonyl (C=O) groups excluding carboxylic acids is 1. The van der Waals surface area contributed by atoms with Gasteiger partial charge in [0.2, 0.25) is 5.91 Å². The van der Waals surface area contributed by atoms with E-state index in [2.05, 4.69) is 16.6 Å². The number of rotatable bonds is 3. The maximum Gasteiger partial charge on any atom is 0.246 e. The van der Waals surface area contributed by atoms with Crippen LogP contribution in [0, 0.1) is 0 Å². The molecular formula is C23H33ClN4OS. The Hall–Kier alpha value is -2.44. The summed E-state index contributed by atoms with van der Waals surface area (Å²) in [6.07, 6.45) is 3.70. The van der Waals surface area contributed by atoms with E-state index in [1.807, 2.05) is 64.1 Å². The molecule has 30 heavy (non-hydrogen) atoms. The Bertz CT molecular complexity index is 816. The highest BCUT2D eigenvalue weighted by Gasteiger charge is 2.20. The molecule has 1 aromatic carbocycles. The predicted molar refractivity (Wildman–Crippen MR) is 133 cm³/mol. The number of thiophene rings is 1. The molecule has 0 radical (unpaired) electrons. The molecule has 0 saturated carbocycles.